The number of rotatable bonds is 7. The summed E-state index contributed by atoms with van der Waals surface area (Å²) in [4.78, 5) is 0. The zero-order valence-corrected chi connectivity index (χ0v) is 15.5. The molecule has 3 aromatic rings. The Kier molecular flexibility index (Phi) is 5.91. The van der Waals surface area contributed by atoms with E-state index in [0.717, 1.165) is 11.3 Å². The molecular weight excluding hydrogens is 348 g/mol. The molecule has 6 nitrogen and oxygen atoms in total. The van der Waals surface area contributed by atoms with Gasteiger partial charge in [0.05, 0.1) is 12.8 Å². The van der Waals surface area contributed by atoms with Gasteiger partial charge in [0, 0.05) is 5.75 Å². The van der Waals surface area contributed by atoms with Crippen molar-refractivity contribution in [3.8, 4) is 11.5 Å². The van der Waals surface area contributed by atoms with Crippen molar-refractivity contribution in [3.63, 3.8) is 0 Å². The first-order chi connectivity index (χ1) is 12.7. The highest BCUT2D eigenvalue weighted by Crippen LogP contribution is 2.26. The summed E-state index contributed by atoms with van der Waals surface area (Å²) in [5.74, 6) is 1.35. The summed E-state index contributed by atoms with van der Waals surface area (Å²) >= 11 is 1.57. The first kappa shape index (κ1) is 18.0. The number of hydrogen-bond donors (Lipinski definition) is 1. The van der Waals surface area contributed by atoms with Crippen LogP contribution < -0.4 is 4.74 Å². The van der Waals surface area contributed by atoms with Gasteiger partial charge in [-0.15, -0.1) is 10.2 Å². The first-order valence-corrected chi connectivity index (χ1v) is 9.23. The maximum absolute atomic E-state index is 9.76. The molecule has 0 saturated carbocycles. The fourth-order valence-electron chi connectivity index (χ4n) is 2.24. The highest BCUT2D eigenvalue weighted by atomic mass is 32.2. The third-order valence-electron chi connectivity index (χ3n) is 3.60. The van der Waals surface area contributed by atoms with Gasteiger partial charge >= 0.3 is 0 Å². The summed E-state index contributed by atoms with van der Waals surface area (Å²) in [6.07, 6.45) is 3.25. The van der Waals surface area contributed by atoms with Gasteiger partial charge in [-0.1, -0.05) is 41.6 Å². The van der Waals surface area contributed by atoms with Gasteiger partial charge in [0.1, 0.15) is 6.33 Å². The molecule has 0 aliphatic heterocycles. The van der Waals surface area contributed by atoms with Crippen LogP contribution in [0.25, 0.3) is 0 Å². The molecule has 0 atom stereocenters. The normalized spacial score (nSPS) is 11.2. The van der Waals surface area contributed by atoms with Crippen LogP contribution in [0.5, 0.6) is 11.5 Å². The largest absolute Gasteiger partial charge is 0.504 e. The summed E-state index contributed by atoms with van der Waals surface area (Å²) in [5.41, 5.74) is 3.28. The van der Waals surface area contributed by atoms with Gasteiger partial charge in [-0.05, 0) is 43.2 Å². The summed E-state index contributed by atoms with van der Waals surface area (Å²) in [7, 11) is 0. The fourth-order valence-corrected chi connectivity index (χ4v) is 3.06. The molecule has 0 bridgehead atoms. The average Bonchev–Trinajstić information content (AvgIpc) is 3.09. The number of benzene rings is 2. The fraction of sp³-hybridized carbons (Fsp3) is 0.211. The molecule has 1 heterocycles. The van der Waals surface area contributed by atoms with E-state index in [4.69, 9.17) is 4.74 Å². The van der Waals surface area contributed by atoms with E-state index in [1.165, 1.54) is 11.1 Å². The number of aromatic nitrogens is 3. The molecule has 26 heavy (non-hydrogen) atoms. The second kappa shape index (κ2) is 8.53. The molecule has 0 saturated heterocycles. The molecule has 134 valence electrons. The Morgan fingerprint density at radius 3 is 2.81 bits per heavy atom. The number of nitrogens with zero attached hydrogens (tertiary/aromatic N) is 4. The molecule has 0 aliphatic rings. The Morgan fingerprint density at radius 1 is 1.23 bits per heavy atom. The number of ether oxygens (including phenoxy) is 1. The van der Waals surface area contributed by atoms with Crippen molar-refractivity contribution in [2.45, 2.75) is 24.8 Å². The van der Waals surface area contributed by atoms with Crippen LogP contribution in [-0.2, 0) is 5.75 Å². The number of aryl methyl sites for hydroxylation is 1. The highest BCUT2D eigenvalue weighted by molar-refractivity contribution is 7.98. The van der Waals surface area contributed by atoms with Gasteiger partial charge in [-0.3, -0.25) is 0 Å². The van der Waals surface area contributed by atoms with Crippen LogP contribution in [0.4, 0.5) is 0 Å². The Bertz CT molecular complexity index is 891. The Balaban J connectivity index is 1.69. The second-order valence-electron chi connectivity index (χ2n) is 5.64. The standard InChI is InChI=1S/C19H20N4O2S/c1-3-25-18-10-16(8-9-17(18)24)11-21-23-13-20-22-19(23)26-12-15-6-4-14(2)5-7-15/h4-11,13,24H,3,12H2,1-2H3/b21-11-. The lowest BCUT2D eigenvalue weighted by Crippen LogP contribution is -1.95. The maximum atomic E-state index is 9.76. The molecule has 0 aliphatic carbocycles. The van der Waals surface area contributed by atoms with E-state index < -0.39 is 0 Å². The maximum Gasteiger partial charge on any atom is 0.212 e. The van der Waals surface area contributed by atoms with E-state index >= 15 is 0 Å². The predicted molar refractivity (Wildman–Crippen MR) is 103 cm³/mol. The van der Waals surface area contributed by atoms with Crippen LogP contribution in [0.2, 0.25) is 0 Å². The number of phenolic OH excluding ortho intramolecular Hbond substituents is 1. The van der Waals surface area contributed by atoms with Gasteiger partial charge in [0.15, 0.2) is 11.5 Å². The van der Waals surface area contributed by atoms with Crippen LogP contribution in [0.1, 0.15) is 23.6 Å². The van der Waals surface area contributed by atoms with Crippen molar-refractivity contribution in [3.05, 3.63) is 65.5 Å². The van der Waals surface area contributed by atoms with Crippen LogP contribution in [0.15, 0.2) is 59.0 Å². The zero-order chi connectivity index (χ0) is 18.4. The molecule has 2 aromatic carbocycles. The zero-order valence-electron chi connectivity index (χ0n) is 14.7. The smallest absolute Gasteiger partial charge is 0.212 e. The van der Waals surface area contributed by atoms with Gasteiger partial charge in [0.2, 0.25) is 5.16 Å². The molecule has 0 radical (unpaired) electrons. The monoisotopic (exact) mass is 368 g/mol. The molecule has 0 spiro atoms. The number of phenols is 1. The number of thioether (sulfide) groups is 1. The topological polar surface area (TPSA) is 72.5 Å². The highest BCUT2D eigenvalue weighted by Gasteiger charge is 2.06. The molecular formula is C19H20N4O2S. The summed E-state index contributed by atoms with van der Waals surface area (Å²) in [6, 6.07) is 13.5. The number of aromatic hydroxyl groups is 1. The second-order valence-corrected chi connectivity index (χ2v) is 6.58. The van der Waals surface area contributed by atoms with Crippen molar-refractivity contribution in [1.82, 2.24) is 14.9 Å². The SMILES string of the molecule is CCOc1cc(/C=N\n2cnnc2SCc2ccc(C)cc2)ccc1O. The van der Waals surface area contributed by atoms with Crippen molar-refractivity contribution in [2.75, 3.05) is 6.61 Å². The van der Waals surface area contributed by atoms with E-state index in [2.05, 4.69) is 46.5 Å². The van der Waals surface area contributed by atoms with E-state index in [1.54, 1.807) is 47.2 Å². The third kappa shape index (κ3) is 4.64. The molecule has 3 rings (SSSR count). The quantitative estimate of drug-likeness (QED) is 0.506. The van der Waals surface area contributed by atoms with Gasteiger partial charge in [-0.25, -0.2) is 0 Å². The molecule has 1 N–H and O–H groups in total. The lowest BCUT2D eigenvalue weighted by atomic mass is 10.2. The van der Waals surface area contributed by atoms with Crippen molar-refractivity contribution < 1.29 is 9.84 Å². The van der Waals surface area contributed by atoms with Crippen LogP contribution in [-0.4, -0.2) is 32.8 Å². The molecule has 7 heteroatoms. The summed E-state index contributed by atoms with van der Waals surface area (Å²) < 4.78 is 7.02. The molecule has 1 aromatic heterocycles. The Morgan fingerprint density at radius 2 is 2.04 bits per heavy atom. The minimum atomic E-state index is 0.114. The van der Waals surface area contributed by atoms with Crippen LogP contribution in [0, 0.1) is 6.92 Å². The van der Waals surface area contributed by atoms with Gasteiger partial charge in [0.25, 0.3) is 0 Å². The predicted octanol–water partition coefficient (Wildman–Crippen LogP) is 3.87. The first-order valence-electron chi connectivity index (χ1n) is 8.24. The molecule has 0 unspecified atom stereocenters. The van der Waals surface area contributed by atoms with Crippen molar-refractivity contribution in [2.24, 2.45) is 5.10 Å². The van der Waals surface area contributed by atoms with Gasteiger partial charge in [-0.2, -0.15) is 9.78 Å². The number of hydrogen-bond acceptors (Lipinski definition) is 6. The Labute approximate surface area is 156 Å². The van der Waals surface area contributed by atoms with E-state index in [-0.39, 0.29) is 5.75 Å². The average molecular weight is 368 g/mol. The molecule has 0 amide bonds. The Hall–Kier alpha value is -2.80. The van der Waals surface area contributed by atoms with E-state index in [9.17, 15) is 5.11 Å². The van der Waals surface area contributed by atoms with Crippen LogP contribution in [0.3, 0.4) is 0 Å². The lowest BCUT2D eigenvalue weighted by molar-refractivity contribution is 0.318. The van der Waals surface area contributed by atoms with Crippen molar-refractivity contribution >= 4 is 18.0 Å². The van der Waals surface area contributed by atoms with Crippen LogP contribution >= 0.6 is 11.8 Å². The van der Waals surface area contributed by atoms with Crippen molar-refractivity contribution in [1.29, 1.82) is 0 Å². The lowest BCUT2D eigenvalue weighted by Gasteiger charge is -2.06. The minimum absolute atomic E-state index is 0.114. The third-order valence-corrected chi connectivity index (χ3v) is 4.61. The summed E-state index contributed by atoms with van der Waals surface area (Å²) in [6.45, 7) is 4.43. The minimum Gasteiger partial charge on any atom is -0.504 e. The molecule has 0 fully saturated rings. The summed E-state index contributed by atoms with van der Waals surface area (Å²) in [5, 5.41) is 22.9. The van der Waals surface area contributed by atoms with E-state index in [1.807, 2.05) is 6.92 Å². The van der Waals surface area contributed by atoms with E-state index in [0.29, 0.717) is 17.5 Å². The van der Waals surface area contributed by atoms with Gasteiger partial charge < -0.3 is 9.84 Å².